The van der Waals surface area contributed by atoms with E-state index in [9.17, 15) is 0 Å². The van der Waals surface area contributed by atoms with Crippen LogP contribution in [0.3, 0.4) is 0 Å². The Hall–Kier alpha value is -0.730. The first kappa shape index (κ1) is 12.7. The third-order valence-corrected chi connectivity index (χ3v) is 3.47. The lowest BCUT2D eigenvalue weighted by Gasteiger charge is -2.32. The van der Waals surface area contributed by atoms with Crippen LogP contribution in [-0.2, 0) is 0 Å². The summed E-state index contributed by atoms with van der Waals surface area (Å²) in [5.41, 5.74) is 1.20. The van der Waals surface area contributed by atoms with Crippen LogP contribution in [0.15, 0.2) is 18.2 Å². The van der Waals surface area contributed by atoms with Gasteiger partial charge in [0.15, 0.2) is 0 Å². The van der Waals surface area contributed by atoms with Crippen molar-refractivity contribution in [3.63, 3.8) is 0 Å². The third kappa shape index (κ3) is 2.93. The van der Waals surface area contributed by atoms with Crippen LogP contribution in [0.25, 0.3) is 0 Å². The summed E-state index contributed by atoms with van der Waals surface area (Å²) >= 11 is 6.06. The quantitative estimate of drug-likeness (QED) is 0.878. The van der Waals surface area contributed by atoms with Gasteiger partial charge in [0.1, 0.15) is 11.9 Å². The molecule has 0 aliphatic carbocycles. The van der Waals surface area contributed by atoms with Crippen molar-refractivity contribution in [3.05, 3.63) is 28.8 Å². The highest BCUT2D eigenvalue weighted by Crippen LogP contribution is 2.37. The smallest absolute Gasteiger partial charge is 0.124 e. The maximum absolute atomic E-state index is 6.06. The summed E-state index contributed by atoms with van der Waals surface area (Å²) in [5.74, 6) is 0.987. The molecular formula is C14H20ClNO. The molecule has 0 radical (unpaired) electrons. The van der Waals surface area contributed by atoms with Crippen molar-refractivity contribution < 1.29 is 4.74 Å². The fraction of sp³-hybridized carbons (Fsp3) is 0.571. The van der Waals surface area contributed by atoms with Crippen LogP contribution in [-0.4, -0.2) is 12.6 Å². The highest BCUT2D eigenvalue weighted by Gasteiger charge is 2.26. The van der Waals surface area contributed by atoms with E-state index >= 15 is 0 Å². The summed E-state index contributed by atoms with van der Waals surface area (Å²) in [6.07, 6.45) is 3.54. The highest BCUT2D eigenvalue weighted by atomic mass is 35.5. The summed E-state index contributed by atoms with van der Waals surface area (Å²) < 4.78 is 5.95. The van der Waals surface area contributed by atoms with Gasteiger partial charge in [-0.1, -0.05) is 25.4 Å². The Balaban J connectivity index is 2.24. The Labute approximate surface area is 108 Å². The number of hydrogen-bond donors (Lipinski definition) is 1. The van der Waals surface area contributed by atoms with Gasteiger partial charge in [0.05, 0.1) is 0 Å². The molecule has 1 aliphatic heterocycles. The van der Waals surface area contributed by atoms with E-state index in [1.807, 2.05) is 18.2 Å². The minimum atomic E-state index is 0.318. The van der Waals surface area contributed by atoms with Crippen LogP contribution in [0.4, 0.5) is 0 Å². The summed E-state index contributed by atoms with van der Waals surface area (Å²) in [5, 5.41) is 4.36. The first-order valence-electron chi connectivity index (χ1n) is 6.44. The summed E-state index contributed by atoms with van der Waals surface area (Å²) in [7, 11) is 0. The summed E-state index contributed by atoms with van der Waals surface area (Å²) in [6.45, 7) is 5.39. The average molecular weight is 254 g/mol. The molecule has 17 heavy (non-hydrogen) atoms. The zero-order valence-electron chi connectivity index (χ0n) is 10.5. The SMILES string of the molecule is CCCNC1CC(CC)Oc2ccc(Cl)cc21. The minimum Gasteiger partial charge on any atom is -0.490 e. The van der Waals surface area contributed by atoms with Crippen molar-refractivity contribution in [3.8, 4) is 5.75 Å². The molecule has 94 valence electrons. The lowest BCUT2D eigenvalue weighted by molar-refractivity contribution is 0.146. The minimum absolute atomic E-state index is 0.318. The van der Waals surface area contributed by atoms with E-state index in [-0.39, 0.29) is 0 Å². The van der Waals surface area contributed by atoms with Gasteiger partial charge in [-0.3, -0.25) is 0 Å². The van der Waals surface area contributed by atoms with Crippen LogP contribution < -0.4 is 10.1 Å². The van der Waals surface area contributed by atoms with E-state index in [2.05, 4.69) is 19.2 Å². The summed E-state index contributed by atoms with van der Waals surface area (Å²) in [4.78, 5) is 0. The molecule has 2 unspecified atom stereocenters. The summed E-state index contributed by atoms with van der Waals surface area (Å²) in [6, 6.07) is 6.29. The van der Waals surface area contributed by atoms with Gasteiger partial charge in [-0.2, -0.15) is 0 Å². The van der Waals surface area contributed by atoms with E-state index in [1.54, 1.807) is 0 Å². The van der Waals surface area contributed by atoms with Crippen molar-refractivity contribution >= 4 is 11.6 Å². The predicted octanol–water partition coefficient (Wildman–Crippen LogP) is 3.94. The molecule has 2 rings (SSSR count). The molecule has 3 heteroatoms. The molecule has 1 aromatic rings. The standard InChI is InChI=1S/C14H20ClNO/c1-3-7-16-13-9-11(4-2)17-14-6-5-10(15)8-12(13)14/h5-6,8,11,13,16H,3-4,7,9H2,1-2H3. The van der Waals surface area contributed by atoms with E-state index in [1.165, 1.54) is 5.56 Å². The third-order valence-electron chi connectivity index (χ3n) is 3.24. The van der Waals surface area contributed by atoms with Crippen LogP contribution in [0, 0.1) is 0 Å². The van der Waals surface area contributed by atoms with Crippen molar-refractivity contribution in [2.24, 2.45) is 0 Å². The molecule has 2 atom stereocenters. The Kier molecular flexibility index (Phi) is 4.30. The second-order valence-corrected chi connectivity index (χ2v) is 5.01. The first-order chi connectivity index (χ1) is 8.24. The molecule has 0 saturated heterocycles. The van der Waals surface area contributed by atoms with Crippen LogP contribution in [0.2, 0.25) is 5.02 Å². The molecule has 1 aliphatic rings. The molecule has 1 N–H and O–H groups in total. The van der Waals surface area contributed by atoms with Crippen molar-refractivity contribution in [2.75, 3.05) is 6.54 Å². The topological polar surface area (TPSA) is 21.3 Å². The van der Waals surface area contributed by atoms with E-state index in [0.717, 1.165) is 36.6 Å². The molecule has 0 saturated carbocycles. The van der Waals surface area contributed by atoms with Crippen molar-refractivity contribution in [2.45, 2.75) is 45.3 Å². The number of fused-ring (bicyclic) bond motifs is 1. The first-order valence-corrected chi connectivity index (χ1v) is 6.81. The molecular weight excluding hydrogens is 234 g/mol. The number of rotatable bonds is 4. The van der Waals surface area contributed by atoms with Gasteiger partial charge in [0.2, 0.25) is 0 Å². The fourth-order valence-corrected chi connectivity index (χ4v) is 2.46. The lowest BCUT2D eigenvalue weighted by Crippen LogP contribution is -2.33. The predicted molar refractivity (Wildman–Crippen MR) is 71.8 cm³/mol. The van der Waals surface area contributed by atoms with E-state index in [0.29, 0.717) is 12.1 Å². The average Bonchev–Trinajstić information content (AvgIpc) is 2.35. The number of halogens is 1. The van der Waals surface area contributed by atoms with E-state index < -0.39 is 0 Å². The normalized spacial score (nSPS) is 23.0. The Morgan fingerprint density at radius 2 is 2.24 bits per heavy atom. The Morgan fingerprint density at radius 1 is 1.41 bits per heavy atom. The highest BCUT2D eigenvalue weighted by molar-refractivity contribution is 6.30. The zero-order valence-corrected chi connectivity index (χ0v) is 11.3. The molecule has 0 spiro atoms. The van der Waals surface area contributed by atoms with Gasteiger partial charge in [-0.25, -0.2) is 0 Å². The van der Waals surface area contributed by atoms with Crippen molar-refractivity contribution in [1.29, 1.82) is 0 Å². The second kappa shape index (κ2) is 5.74. The van der Waals surface area contributed by atoms with Gasteiger partial charge in [-0.15, -0.1) is 0 Å². The number of nitrogens with one attached hydrogen (secondary N) is 1. The molecule has 2 nitrogen and oxygen atoms in total. The number of ether oxygens (including phenoxy) is 1. The second-order valence-electron chi connectivity index (χ2n) is 4.57. The lowest BCUT2D eigenvalue weighted by atomic mass is 9.95. The maximum atomic E-state index is 6.06. The number of hydrogen-bond acceptors (Lipinski definition) is 2. The largest absolute Gasteiger partial charge is 0.490 e. The van der Waals surface area contributed by atoms with Crippen LogP contribution >= 0.6 is 11.6 Å². The molecule has 0 bridgehead atoms. The van der Waals surface area contributed by atoms with Gasteiger partial charge in [0, 0.05) is 23.0 Å². The van der Waals surface area contributed by atoms with Gasteiger partial charge >= 0.3 is 0 Å². The molecule has 1 aromatic carbocycles. The van der Waals surface area contributed by atoms with Crippen LogP contribution in [0.1, 0.15) is 44.7 Å². The van der Waals surface area contributed by atoms with Gasteiger partial charge in [0.25, 0.3) is 0 Å². The van der Waals surface area contributed by atoms with Crippen molar-refractivity contribution in [1.82, 2.24) is 5.32 Å². The van der Waals surface area contributed by atoms with E-state index in [4.69, 9.17) is 16.3 Å². The Morgan fingerprint density at radius 3 is 2.94 bits per heavy atom. The fourth-order valence-electron chi connectivity index (χ4n) is 2.28. The maximum Gasteiger partial charge on any atom is 0.124 e. The van der Waals surface area contributed by atoms with Crippen LogP contribution in [0.5, 0.6) is 5.75 Å². The molecule has 0 aromatic heterocycles. The number of benzene rings is 1. The molecule has 1 heterocycles. The van der Waals surface area contributed by atoms with Gasteiger partial charge in [-0.05, 0) is 37.6 Å². The zero-order chi connectivity index (χ0) is 12.3. The molecule has 0 amide bonds. The monoisotopic (exact) mass is 253 g/mol. The van der Waals surface area contributed by atoms with Gasteiger partial charge < -0.3 is 10.1 Å². The Bertz CT molecular complexity index is 380. The molecule has 0 fully saturated rings.